The Kier molecular flexibility index (Phi) is 2.52. The molecule has 1 N–H and O–H groups in total. The Bertz CT molecular complexity index is 241. The summed E-state index contributed by atoms with van der Waals surface area (Å²) in [6.07, 6.45) is 9.12. The predicted octanol–water partition coefficient (Wildman–Crippen LogP) is 2.35. The molecule has 0 spiro atoms. The van der Waals surface area contributed by atoms with E-state index in [4.69, 9.17) is 9.84 Å². The number of ether oxygens (including phenoxy) is 1. The van der Waals surface area contributed by atoms with Gasteiger partial charge in [-0.15, -0.1) is 0 Å². The minimum atomic E-state index is 0.251. The lowest BCUT2D eigenvalue weighted by Gasteiger charge is -2.36. The van der Waals surface area contributed by atoms with Gasteiger partial charge in [0.25, 0.3) is 0 Å². The van der Waals surface area contributed by atoms with E-state index < -0.39 is 0 Å². The van der Waals surface area contributed by atoms with Crippen LogP contribution >= 0.6 is 0 Å². The summed E-state index contributed by atoms with van der Waals surface area (Å²) in [6, 6.07) is 0. The molecule has 3 saturated carbocycles. The fraction of sp³-hybridized carbons (Fsp3) is 1.00. The lowest BCUT2D eigenvalue weighted by molar-refractivity contribution is -0.0802. The van der Waals surface area contributed by atoms with Crippen molar-refractivity contribution in [1.29, 1.82) is 0 Å². The largest absolute Gasteiger partial charge is 0.396 e. The van der Waals surface area contributed by atoms with Gasteiger partial charge in [-0.1, -0.05) is 6.42 Å². The van der Waals surface area contributed by atoms with Gasteiger partial charge in [-0.2, -0.15) is 0 Å². The molecule has 0 aliphatic heterocycles. The molecule has 2 heteroatoms. The van der Waals surface area contributed by atoms with Gasteiger partial charge in [0, 0.05) is 13.2 Å². The molecule has 0 aromatic heterocycles. The summed E-state index contributed by atoms with van der Waals surface area (Å²) < 4.78 is 6.18. The van der Waals surface area contributed by atoms with Crippen molar-refractivity contribution in [2.45, 2.75) is 50.5 Å². The number of hydrogen-bond donors (Lipinski definition) is 1. The zero-order valence-electron chi connectivity index (χ0n) is 9.45. The molecule has 2 bridgehead atoms. The summed E-state index contributed by atoms with van der Waals surface area (Å²) in [5.74, 6) is 2.84. The smallest absolute Gasteiger partial charge is 0.0716 e. The molecule has 2 nitrogen and oxygen atoms in total. The number of aliphatic hydroxyl groups excluding tert-OH is 1. The van der Waals surface area contributed by atoms with Gasteiger partial charge in [-0.05, 0) is 56.3 Å². The average molecular weight is 210 g/mol. The minimum Gasteiger partial charge on any atom is -0.396 e. The van der Waals surface area contributed by atoms with E-state index in [1.54, 1.807) is 0 Å². The molecular weight excluding hydrogens is 188 g/mol. The quantitative estimate of drug-likeness (QED) is 0.722. The van der Waals surface area contributed by atoms with E-state index in [1.807, 2.05) is 0 Å². The minimum absolute atomic E-state index is 0.251. The molecule has 4 unspecified atom stereocenters. The first-order chi connectivity index (χ1) is 7.36. The van der Waals surface area contributed by atoms with Crippen LogP contribution in [-0.4, -0.2) is 23.9 Å². The van der Waals surface area contributed by atoms with Gasteiger partial charge in [0.1, 0.15) is 0 Å². The highest BCUT2D eigenvalue weighted by atomic mass is 16.5. The zero-order chi connectivity index (χ0) is 10.3. The summed E-state index contributed by atoms with van der Waals surface area (Å²) in [5, 5.41) is 8.81. The fourth-order valence-electron chi connectivity index (χ4n) is 4.56. The summed E-state index contributed by atoms with van der Waals surface area (Å²) in [5.41, 5.74) is 0.251. The SMILES string of the molecule is OCCCOC12CCC(C1)C1CCCC12. The molecule has 0 saturated heterocycles. The van der Waals surface area contributed by atoms with Crippen molar-refractivity contribution in [3.63, 3.8) is 0 Å². The Balaban J connectivity index is 1.68. The van der Waals surface area contributed by atoms with Crippen LogP contribution in [0.3, 0.4) is 0 Å². The van der Waals surface area contributed by atoms with Crippen molar-refractivity contribution in [1.82, 2.24) is 0 Å². The second kappa shape index (κ2) is 3.74. The van der Waals surface area contributed by atoms with E-state index in [9.17, 15) is 0 Å². The number of fused-ring (bicyclic) bond motifs is 5. The van der Waals surface area contributed by atoms with Gasteiger partial charge >= 0.3 is 0 Å². The van der Waals surface area contributed by atoms with E-state index in [-0.39, 0.29) is 12.2 Å². The maximum Gasteiger partial charge on any atom is 0.0716 e. The number of rotatable bonds is 4. The van der Waals surface area contributed by atoms with E-state index in [2.05, 4.69) is 0 Å². The van der Waals surface area contributed by atoms with Crippen molar-refractivity contribution in [2.75, 3.05) is 13.2 Å². The average Bonchev–Trinajstić information content (AvgIpc) is 2.89. The van der Waals surface area contributed by atoms with Gasteiger partial charge in [0.15, 0.2) is 0 Å². The van der Waals surface area contributed by atoms with Gasteiger partial charge in [-0.3, -0.25) is 0 Å². The van der Waals surface area contributed by atoms with Crippen molar-refractivity contribution in [3.05, 3.63) is 0 Å². The second-order valence-electron chi connectivity index (χ2n) is 5.69. The standard InChI is InChI=1S/C13H22O2/c14-7-2-8-15-13-6-5-10(9-13)11-3-1-4-12(11)13/h10-12,14H,1-9H2. The molecule has 3 rings (SSSR count). The first-order valence-corrected chi connectivity index (χ1v) is 6.60. The van der Waals surface area contributed by atoms with Gasteiger partial charge < -0.3 is 9.84 Å². The van der Waals surface area contributed by atoms with Crippen LogP contribution in [0.4, 0.5) is 0 Å². The van der Waals surface area contributed by atoms with Crippen LogP contribution in [0, 0.1) is 17.8 Å². The van der Waals surface area contributed by atoms with E-state index >= 15 is 0 Å². The van der Waals surface area contributed by atoms with Crippen LogP contribution in [0.15, 0.2) is 0 Å². The first kappa shape index (κ1) is 10.1. The lowest BCUT2D eigenvalue weighted by atomic mass is 9.79. The Hall–Kier alpha value is -0.0800. The van der Waals surface area contributed by atoms with E-state index in [1.165, 1.54) is 38.5 Å². The predicted molar refractivity (Wildman–Crippen MR) is 58.6 cm³/mol. The highest BCUT2D eigenvalue weighted by Gasteiger charge is 2.59. The molecular formula is C13H22O2. The molecule has 3 aliphatic carbocycles. The van der Waals surface area contributed by atoms with Gasteiger partial charge in [0.05, 0.1) is 5.60 Å². The molecule has 86 valence electrons. The third-order valence-electron chi connectivity index (χ3n) is 5.09. The lowest BCUT2D eigenvalue weighted by Crippen LogP contribution is -2.37. The molecule has 3 fully saturated rings. The molecule has 0 radical (unpaired) electrons. The maximum absolute atomic E-state index is 8.81. The van der Waals surface area contributed by atoms with Crippen LogP contribution in [0.2, 0.25) is 0 Å². The molecule has 15 heavy (non-hydrogen) atoms. The van der Waals surface area contributed by atoms with Crippen molar-refractivity contribution < 1.29 is 9.84 Å². The Morgan fingerprint density at radius 2 is 2.20 bits per heavy atom. The highest BCUT2D eigenvalue weighted by molar-refractivity contribution is 5.09. The van der Waals surface area contributed by atoms with Gasteiger partial charge in [-0.25, -0.2) is 0 Å². The number of aliphatic hydroxyl groups is 1. The van der Waals surface area contributed by atoms with Gasteiger partial charge in [0.2, 0.25) is 0 Å². The van der Waals surface area contributed by atoms with E-state index in [0.29, 0.717) is 0 Å². The fourth-order valence-corrected chi connectivity index (χ4v) is 4.56. The summed E-state index contributed by atoms with van der Waals surface area (Å²) >= 11 is 0. The van der Waals surface area contributed by atoms with Crippen LogP contribution in [0.5, 0.6) is 0 Å². The van der Waals surface area contributed by atoms with Crippen molar-refractivity contribution in [3.8, 4) is 0 Å². The third kappa shape index (κ3) is 1.45. The Morgan fingerprint density at radius 1 is 1.27 bits per heavy atom. The van der Waals surface area contributed by atoms with E-state index in [0.717, 1.165) is 30.8 Å². The Morgan fingerprint density at radius 3 is 3.07 bits per heavy atom. The topological polar surface area (TPSA) is 29.5 Å². The summed E-state index contributed by atoms with van der Waals surface area (Å²) in [6.45, 7) is 1.04. The molecule has 0 aromatic carbocycles. The van der Waals surface area contributed by atoms with Crippen LogP contribution in [-0.2, 0) is 4.74 Å². The normalized spacial score (nSPS) is 47.4. The Labute approximate surface area is 92.0 Å². The summed E-state index contributed by atoms with van der Waals surface area (Å²) in [4.78, 5) is 0. The van der Waals surface area contributed by atoms with Crippen LogP contribution in [0.25, 0.3) is 0 Å². The van der Waals surface area contributed by atoms with Crippen molar-refractivity contribution >= 4 is 0 Å². The highest BCUT2D eigenvalue weighted by Crippen LogP contribution is 2.62. The summed E-state index contributed by atoms with van der Waals surface area (Å²) in [7, 11) is 0. The van der Waals surface area contributed by atoms with Crippen LogP contribution in [0.1, 0.15) is 44.9 Å². The molecule has 0 heterocycles. The number of hydrogen-bond acceptors (Lipinski definition) is 2. The van der Waals surface area contributed by atoms with Crippen molar-refractivity contribution in [2.24, 2.45) is 17.8 Å². The zero-order valence-corrected chi connectivity index (χ0v) is 9.45. The molecule has 4 atom stereocenters. The molecule has 0 aromatic rings. The third-order valence-corrected chi connectivity index (χ3v) is 5.09. The molecule has 3 aliphatic rings. The monoisotopic (exact) mass is 210 g/mol. The van der Waals surface area contributed by atoms with Crippen LogP contribution < -0.4 is 0 Å². The molecule has 0 amide bonds. The second-order valence-corrected chi connectivity index (χ2v) is 5.69. The maximum atomic E-state index is 8.81. The first-order valence-electron chi connectivity index (χ1n) is 6.60.